The Kier molecular flexibility index (Phi) is 3.24. The van der Waals surface area contributed by atoms with E-state index in [4.69, 9.17) is 13.7 Å². The van der Waals surface area contributed by atoms with Gasteiger partial charge in [-0.2, -0.15) is 8.42 Å². The maximum absolute atomic E-state index is 11.6. The van der Waals surface area contributed by atoms with Crippen LogP contribution in [-0.4, -0.2) is 56.9 Å². The summed E-state index contributed by atoms with van der Waals surface area (Å²) in [4.78, 5) is 13.4. The first kappa shape index (κ1) is 13.8. The number of fused-ring (bicyclic) bond motifs is 4. The standard InChI is InChI=1S/C11H16N2O6S/c1-6-4-13-9-3-7(19-11(13)12-10(6)14)8(18-9)5-17-20(2,15)16/h4,7-9,11H,3,5H2,1-2H3,(H,12,14)/t7?,8-,9-,11?/m1/s1. The van der Waals surface area contributed by atoms with Crippen LogP contribution in [0.2, 0.25) is 0 Å². The number of carbonyl (C=O) groups excluding carboxylic acids is 1. The molecule has 1 N–H and O–H groups in total. The van der Waals surface area contributed by atoms with Gasteiger partial charge in [0.1, 0.15) is 12.3 Å². The van der Waals surface area contributed by atoms with Crippen molar-refractivity contribution in [2.24, 2.45) is 0 Å². The minimum Gasteiger partial charge on any atom is -0.350 e. The highest BCUT2D eigenvalue weighted by Crippen LogP contribution is 2.35. The molecule has 0 saturated carbocycles. The van der Waals surface area contributed by atoms with E-state index in [2.05, 4.69) is 5.32 Å². The molecule has 2 saturated heterocycles. The fraction of sp³-hybridized carbons (Fsp3) is 0.727. The molecule has 3 aliphatic heterocycles. The van der Waals surface area contributed by atoms with Crippen molar-refractivity contribution in [1.82, 2.24) is 10.2 Å². The number of carbonyl (C=O) groups is 1. The lowest BCUT2D eigenvalue weighted by molar-refractivity contribution is -0.163. The van der Waals surface area contributed by atoms with Crippen LogP contribution in [0.4, 0.5) is 0 Å². The highest BCUT2D eigenvalue weighted by molar-refractivity contribution is 7.85. The van der Waals surface area contributed by atoms with Gasteiger partial charge in [0.15, 0.2) is 0 Å². The molecule has 2 unspecified atom stereocenters. The van der Waals surface area contributed by atoms with Crippen LogP contribution in [0.25, 0.3) is 0 Å². The number of hydrogen-bond acceptors (Lipinski definition) is 7. The van der Waals surface area contributed by atoms with Gasteiger partial charge in [-0.1, -0.05) is 0 Å². The molecular formula is C11H16N2O6S. The van der Waals surface area contributed by atoms with E-state index in [0.29, 0.717) is 12.0 Å². The largest absolute Gasteiger partial charge is 0.350 e. The second-order valence-corrected chi connectivity index (χ2v) is 6.76. The van der Waals surface area contributed by atoms with Crippen molar-refractivity contribution in [1.29, 1.82) is 0 Å². The van der Waals surface area contributed by atoms with Gasteiger partial charge in [0.2, 0.25) is 6.35 Å². The molecule has 3 heterocycles. The number of rotatable bonds is 3. The monoisotopic (exact) mass is 304 g/mol. The molecule has 1 amide bonds. The number of nitrogens with one attached hydrogen (secondary N) is 1. The molecule has 20 heavy (non-hydrogen) atoms. The third kappa shape index (κ3) is 2.53. The van der Waals surface area contributed by atoms with Crippen molar-refractivity contribution in [2.45, 2.75) is 38.1 Å². The first-order valence-corrected chi connectivity index (χ1v) is 8.07. The summed E-state index contributed by atoms with van der Waals surface area (Å²) < 4.78 is 38.3. The van der Waals surface area contributed by atoms with Gasteiger partial charge < -0.3 is 19.7 Å². The molecule has 112 valence electrons. The van der Waals surface area contributed by atoms with Crippen LogP contribution in [0.3, 0.4) is 0 Å². The van der Waals surface area contributed by atoms with Gasteiger partial charge in [0, 0.05) is 18.2 Å². The topological polar surface area (TPSA) is 94.2 Å². The van der Waals surface area contributed by atoms with E-state index in [9.17, 15) is 13.2 Å². The highest BCUT2D eigenvalue weighted by atomic mass is 32.2. The summed E-state index contributed by atoms with van der Waals surface area (Å²) in [5.74, 6) is -0.184. The van der Waals surface area contributed by atoms with Crippen molar-refractivity contribution < 1.29 is 26.9 Å². The minimum absolute atomic E-state index is 0.0861. The summed E-state index contributed by atoms with van der Waals surface area (Å²) in [5, 5.41) is 2.72. The van der Waals surface area contributed by atoms with Gasteiger partial charge in [-0.15, -0.1) is 0 Å². The maximum atomic E-state index is 11.6. The fourth-order valence-electron chi connectivity index (χ4n) is 2.52. The molecule has 0 aromatic carbocycles. The summed E-state index contributed by atoms with van der Waals surface area (Å²) in [7, 11) is -3.51. The highest BCUT2D eigenvalue weighted by Gasteiger charge is 2.48. The predicted molar refractivity (Wildman–Crippen MR) is 66.5 cm³/mol. The molecule has 9 heteroatoms. The lowest BCUT2D eigenvalue weighted by Crippen LogP contribution is -2.58. The Labute approximate surface area is 116 Å². The Morgan fingerprint density at radius 1 is 1.50 bits per heavy atom. The van der Waals surface area contributed by atoms with E-state index in [1.165, 1.54) is 0 Å². The normalized spacial score (nSPS) is 36.4. The van der Waals surface area contributed by atoms with E-state index in [1.54, 1.807) is 18.0 Å². The van der Waals surface area contributed by atoms with Crippen molar-refractivity contribution in [3.8, 4) is 0 Å². The predicted octanol–water partition coefficient (Wildman–Crippen LogP) is -0.904. The van der Waals surface area contributed by atoms with Crippen LogP contribution in [0, 0.1) is 0 Å². The van der Waals surface area contributed by atoms with Gasteiger partial charge in [-0.05, 0) is 6.92 Å². The summed E-state index contributed by atoms with van der Waals surface area (Å²) in [6.07, 6.45) is 1.71. The quantitative estimate of drug-likeness (QED) is 0.675. The Morgan fingerprint density at radius 3 is 2.95 bits per heavy atom. The zero-order chi connectivity index (χ0) is 14.5. The zero-order valence-electron chi connectivity index (χ0n) is 11.1. The van der Waals surface area contributed by atoms with Crippen molar-refractivity contribution >= 4 is 16.0 Å². The first-order chi connectivity index (χ1) is 9.33. The molecule has 3 aliphatic rings. The molecular weight excluding hydrogens is 288 g/mol. The Balaban J connectivity index is 1.71. The molecule has 0 aromatic rings. The Morgan fingerprint density at radius 2 is 2.25 bits per heavy atom. The molecule has 0 aliphatic carbocycles. The third-order valence-corrected chi connectivity index (χ3v) is 4.05. The van der Waals surface area contributed by atoms with Crippen LogP contribution in [0.1, 0.15) is 13.3 Å². The molecule has 0 aromatic heterocycles. The average Bonchev–Trinajstić information content (AvgIpc) is 2.67. The van der Waals surface area contributed by atoms with E-state index in [-0.39, 0.29) is 24.8 Å². The SMILES string of the molecule is CC1=CN2C(NC1=O)OC1C[C@H]2O[C@@H]1COS(C)(=O)=O. The van der Waals surface area contributed by atoms with Gasteiger partial charge in [-0.3, -0.25) is 8.98 Å². The smallest absolute Gasteiger partial charge is 0.264 e. The van der Waals surface area contributed by atoms with Crippen molar-refractivity contribution in [3.63, 3.8) is 0 Å². The number of ether oxygens (including phenoxy) is 2. The van der Waals surface area contributed by atoms with Crippen molar-refractivity contribution in [3.05, 3.63) is 11.8 Å². The average molecular weight is 304 g/mol. The van der Waals surface area contributed by atoms with E-state index in [0.717, 1.165) is 6.26 Å². The van der Waals surface area contributed by atoms with Crippen LogP contribution >= 0.6 is 0 Å². The zero-order valence-corrected chi connectivity index (χ0v) is 11.9. The van der Waals surface area contributed by atoms with Crippen molar-refractivity contribution in [2.75, 3.05) is 12.9 Å². The number of nitrogens with zero attached hydrogens (tertiary/aromatic N) is 1. The lowest BCUT2D eigenvalue weighted by atomic mass is 10.1. The second-order valence-electron chi connectivity index (χ2n) is 5.11. The molecule has 4 atom stereocenters. The summed E-state index contributed by atoms with van der Waals surface area (Å²) in [5.41, 5.74) is 0.572. The minimum atomic E-state index is -3.51. The lowest BCUT2D eigenvalue weighted by Gasteiger charge is -2.41. The summed E-state index contributed by atoms with van der Waals surface area (Å²) in [6.45, 7) is 1.62. The van der Waals surface area contributed by atoms with Gasteiger partial charge in [0.25, 0.3) is 16.0 Å². The molecule has 2 bridgehead atoms. The van der Waals surface area contributed by atoms with E-state index in [1.807, 2.05) is 0 Å². The van der Waals surface area contributed by atoms with Gasteiger partial charge in [-0.25, -0.2) is 0 Å². The van der Waals surface area contributed by atoms with Gasteiger partial charge >= 0.3 is 0 Å². The fourth-order valence-corrected chi connectivity index (χ4v) is 2.90. The molecule has 0 spiro atoms. The molecule has 3 rings (SSSR count). The molecule has 0 radical (unpaired) electrons. The summed E-state index contributed by atoms with van der Waals surface area (Å²) in [6, 6.07) is 0. The van der Waals surface area contributed by atoms with E-state index < -0.39 is 22.6 Å². The number of amides is 1. The molecule has 8 nitrogen and oxygen atoms in total. The second kappa shape index (κ2) is 4.69. The van der Waals surface area contributed by atoms with Crippen LogP contribution < -0.4 is 5.32 Å². The third-order valence-electron chi connectivity index (χ3n) is 3.49. The van der Waals surface area contributed by atoms with Crippen LogP contribution in [0.15, 0.2) is 11.8 Å². The Bertz CT molecular complexity index is 559. The maximum Gasteiger partial charge on any atom is 0.264 e. The summed E-state index contributed by atoms with van der Waals surface area (Å²) >= 11 is 0. The van der Waals surface area contributed by atoms with E-state index >= 15 is 0 Å². The Hall–Kier alpha value is -1.16. The van der Waals surface area contributed by atoms with Crippen LogP contribution in [-0.2, 0) is 28.6 Å². The molecule has 2 fully saturated rings. The van der Waals surface area contributed by atoms with Gasteiger partial charge in [0.05, 0.1) is 19.0 Å². The first-order valence-electron chi connectivity index (χ1n) is 6.25. The van der Waals surface area contributed by atoms with Crippen LogP contribution in [0.5, 0.6) is 0 Å². The number of hydrogen-bond donors (Lipinski definition) is 1.